The summed E-state index contributed by atoms with van der Waals surface area (Å²) in [5.41, 5.74) is 2.37. The average molecular weight is 389 g/mol. The maximum absolute atomic E-state index is 12.7. The van der Waals surface area contributed by atoms with Crippen LogP contribution in [0.15, 0.2) is 54.6 Å². The molecule has 7 nitrogen and oxygen atoms in total. The quantitative estimate of drug-likeness (QED) is 0.640. The van der Waals surface area contributed by atoms with E-state index in [-0.39, 0.29) is 18.4 Å². The zero-order valence-corrected chi connectivity index (χ0v) is 15.8. The summed E-state index contributed by atoms with van der Waals surface area (Å²) in [6.07, 6.45) is 2.91. The van der Waals surface area contributed by atoms with E-state index in [9.17, 15) is 14.4 Å². The van der Waals surface area contributed by atoms with Crippen LogP contribution < -0.4 is 10.2 Å². The van der Waals surface area contributed by atoms with Crippen LogP contribution >= 0.6 is 0 Å². The number of amides is 2. The van der Waals surface area contributed by atoms with Gasteiger partial charge in [-0.3, -0.25) is 9.59 Å². The molecule has 0 aromatic heterocycles. The lowest BCUT2D eigenvalue weighted by atomic mass is 10.1. The van der Waals surface area contributed by atoms with Crippen molar-refractivity contribution in [2.75, 3.05) is 16.8 Å². The van der Waals surface area contributed by atoms with Gasteiger partial charge in [0.15, 0.2) is 6.61 Å². The van der Waals surface area contributed by atoms with Crippen molar-refractivity contribution in [1.82, 2.24) is 0 Å². The summed E-state index contributed by atoms with van der Waals surface area (Å²) in [5.74, 6) is -1.25. The van der Waals surface area contributed by atoms with Crippen LogP contribution in [-0.2, 0) is 19.1 Å². The van der Waals surface area contributed by atoms with Gasteiger partial charge >= 0.3 is 5.97 Å². The maximum Gasteiger partial charge on any atom is 0.331 e. The van der Waals surface area contributed by atoms with Gasteiger partial charge in [-0.1, -0.05) is 24.3 Å². The summed E-state index contributed by atoms with van der Waals surface area (Å²) in [7, 11) is 0. The number of benzene rings is 2. The van der Waals surface area contributed by atoms with Crippen LogP contribution in [0.5, 0.6) is 0 Å². The molecule has 29 heavy (non-hydrogen) atoms. The first-order valence-corrected chi connectivity index (χ1v) is 9.04. The number of esters is 1. The first-order valence-electron chi connectivity index (χ1n) is 9.04. The predicted octanol–water partition coefficient (Wildman–Crippen LogP) is 2.88. The molecule has 0 fully saturated rings. The van der Waals surface area contributed by atoms with Crippen molar-refractivity contribution in [3.63, 3.8) is 0 Å². The maximum atomic E-state index is 12.7. The lowest BCUT2D eigenvalue weighted by Gasteiger charge is -2.27. The number of hydrogen-bond acceptors (Lipinski definition) is 5. The first-order chi connectivity index (χ1) is 14.0. The van der Waals surface area contributed by atoms with Gasteiger partial charge in [-0.15, -0.1) is 0 Å². The van der Waals surface area contributed by atoms with Gasteiger partial charge in [0, 0.05) is 18.5 Å². The number of hydrogen-bond donors (Lipinski definition) is 1. The van der Waals surface area contributed by atoms with Gasteiger partial charge in [-0.2, -0.15) is 5.26 Å². The Bertz CT molecular complexity index is 1010. The van der Waals surface area contributed by atoms with E-state index in [1.54, 1.807) is 61.5 Å². The molecule has 0 saturated heterocycles. The highest BCUT2D eigenvalue weighted by molar-refractivity contribution is 6.05. The van der Waals surface area contributed by atoms with E-state index >= 15 is 0 Å². The van der Waals surface area contributed by atoms with Gasteiger partial charge in [0.25, 0.3) is 5.91 Å². The smallest absolute Gasteiger partial charge is 0.331 e. The molecule has 3 rings (SSSR count). The van der Waals surface area contributed by atoms with Crippen LogP contribution in [0.4, 0.5) is 11.4 Å². The number of para-hydroxylation sites is 2. The Morgan fingerprint density at radius 1 is 1.24 bits per heavy atom. The van der Waals surface area contributed by atoms with E-state index in [0.29, 0.717) is 16.9 Å². The molecule has 0 bridgehead atoms. The fraction of sp³-hybridized carbons (Fsp3) is 0.182. The molecule has 2 amide bonds. The van der Waals surface area contributed by atoms with Crippen LogP contribution in [0.25, 0.3) is 6.08 Å². The molecule has 2 aromatic carbocycles. The van der Waals surface area contributed by atoms with Crippen molar-refractivity contribution in [2.24, 2.45) is 0 Å². The van der Waals surface area contributed by atoms with Gasteiger partial charge in [0.2, 0.25) is 5.91 Å². The van der Waals surface area contributed by atoms with Crippen LogP contribution in [0.3, 0.4) is 0 Å². The lowest BCUT2D eigenvalue weighted by Crippen LogP contribution is -2.41. The Kier molecular flexibility index (Phi) is 6.05. The minimum atomic E-state index is -0.660. The summed E-state index contributed by atoms with van der Waals surface area (Å²) < 4.78 is 5.08. The van der Waals surface area contributed by atoms with Crippen molar-refractivity contribution >= 4 is 35.2 Å². The Labute approximate surface area is 168 Å². The van der Waals surface area contributed by atoms with E-state index in [1.165, 1.54) is 11.0 Å². The van der Waals surface area contributed by atoms with Crippen molar-refractivity contribution < 1.29 is 19.1 Å². The molecular weight excluding hydrogens is 370 g/mol. The van der Waals surface area contributed by atoms with Crippen LogP contribution in [-0.4, -0.2) is 30.4 Å². The van der Waals surface area contributed by atoms with Gasteiger partial charge < -0.3 is 15.0 Å². The van der Waals surface area contributed by atoms with Crippen molar-refractivity contribution in [3.05, 3.63) is 65.7 Å². The Morgan fingerprint density at radius 3 is 2.69 bits per heavy atom. The topological polar surface area (TPSA) is 99.5 Å². The van der Waals surface area contributed by atoms with E-state index < -0.39 is 18.5 Å². The third-order valence-electron chi connectivity index (χ3n) is 4.42. The molecule has 0 saturated carbocycles. The predicted molar refractivity (Wildman–Crippen MR) is 108 cm³/mol. The minimum absolute atomic E-state index is 0.146. The molecule has 1 aliphatic rings. The second kappa shape index (κ2) is 8.85. The number of ether oxygens (including phenoxy) is 1. The van der Waals surface area contributed by atoms with Crippen LogP contribution in [0.1, 0.15) is 24.5 Å². The van der Waals surface area contributed by atoms with Crippen LogP contribution in [0, 0.1) is 11.3 Å². The number of nitriles is 1. The Hall–Kier alpha value is -3.92. The number of anilines is 2. The first kappa shape index (κ1) is 19.8. The molecule has 1 heterocycles. The monoisotopic (exact) mass is 389 g/mol. The number of carbonyl (C=O) groups is 3. The highest BCUT2D eigenvalue weighted by Crippen LogP contribution is 2.31. The molecule has 146 valence electrons. The average Bonchev–Trinajstić information content (AvgIpc) is 2.85. The molecule has 0 spiro atoms. The molecule has 1 atom stereocenters. The van der Waals surface area contributed by atoms with Gasteiger partial charge in [-0.05, 0) is 42.8 Å². The molecule has 7 heteroatoms. The Balaban J connectivity index is 1.65. The largest absolute Gasteiger partial charge is 0.452 e. The zero-order chi connectivity index (χ0) is 20.8. The van der Waals surface area contributed by atoms with E-state index in [0.717, 1.165) is 5.56 Å². The van der Waals surface area contributed by atoms with E-state index in [4.69, 9.17) is 10.00 Å². The van der Waals surface area contributed by atoms with Crippen molar-refractivity contribution in [1.29, 1.82) is 5.26 Å². The summed E-state index contributed by atoms with van der Waals surface area (Å²) in [5, 5.41) is 11.6. The number of nitrogens with zero attached hydrogens (tertiary/aromatic N) is 2. The normalized spacial score (nSPS) is 15.8. The third-order valence-corrected chi connectivity index (χ3v) is 4.42. The molecule has 0 radical (unpaired) electrons. The van der Waals surface area contributed by atoms with Crippen molar-refractivity contribution in [3.8, 4) is 6.07 Å². The number of nitrogens with one attached hydrogen (secondary N) is 1. The summed E-state index contributed by atoms with van der Waals surface area (Å²) >= 11 is 0. The van der Waals surface area contributed by atoms with Gasteiger partial charge in [-0.25, -0.2) is 4.79 Å². The fourth-order valence-corrected chi connectivity index (χ4v) is 3.05. The van der Waals surface area contributed by atoms with E-state index in [1.807, 2.05) is 6.07 Å². The molecule has 0 unspecified atom stereocenters. The highest BCUT2D eigenvalue weighted by atomic mass is 16.5. The van der Waals surface area contributed by atoms with Gasteiger partial charge in [0.1, 0.15) is 0 Å². The molecular formula is C22H19N3O4. The molecule has 0 aliphatic carbocycles. The Morgan fingerprint density at radius 2 is 1.97 bits per heavy atom. The summed E-state index contributed by atoms with van der Waals surface area (Å²) in [6.45, 7) is 1.33. The van der Waals surface area contributed by atoms with Gasteiger partial charge in [0.05, 0.1) is 23.0 Å². The summed E-state index contributed by atoms with van der Waals surface area (Å²) in [6, 6.07) is 15.3. The molecule has 1 N–H and O–H groups in total. The zero-order valence-electron chi connectivity index (χ0n) is 15.8. The summed E-state index contributed by atoms with van der Waals surface area (Å²) in [4.78, 5) is 38.2. The van der Waals surface area contributed by atoms with E-state index in [2.05, 4.69) is 5.32 Å². The molecule has 1 aliphatic heterocycles. The second-order valence-electron chi connectivity index (χ2n) is 6.56. The number of fused-ring (bicyclic) bond motifs is 1. The van der Waals surface area contributed by atoms with Crippen LogP contribution in [0.2, 0.25) is 0 Å². The molecule has 2 aromatic rings. The number of carbonyl (C=O) groups excluding carboxylic acids is 3. The SMILES string of the molecule is C[C@H]1CC(=O)Nc2ccccc2N1C(=O)COC(=O)/C=C/c1ccc(C#N)cc1. The lowest BCUT2D eigenvalue weighted by molar-refractivity contribution is -0.143. The minimum Gasteiger partial charge on any atom is -0.452 e. The fourth-order valence-electron chi connectivity index (χ4n) is 3.05. The number of rotatable bonds is 4. The second-order valence-corrected chi connectivity index (χ2v) is 6.56. The van der Waals surface area contributed by atoms with Crippen molar-refractivity contribution in [2.45, 2.75) is 19.4 Å². The highest BCUT2D eigenvalue weighted by Gasteiger charge is 2.29. The standard InChI is InChI=1S/C22H19N3O4/c1-15-12-20(26)24-18-4-2-3-5-19(18)25(15)21(27)14-29-22(28)11-10-16-6-8-17(13-23)9-7-16/h2-11,15H,12,14H2,1H3,(H,24,26)/b11-10+/t15-/m0/s1. The third kappa shape index (κ3) is 4.87.